The Hall–Kier alpha value is -1.39. The summed E-state index contributed by atoms with van der Waals surface area (Å²) in [6, 6.07) is 8.24. The molecular weight excluding hydrogens is 250 g/mol. The molecule has 0 aromatic heterocycles. The Morgan fingerprint density at radius 3 is 3.00 bits per heavy atom. The van der Waals surface area contributed by atoms with E-state index >= 15 is 0 Å². The van der Waals surface area contributed by atoms with Crippen molar-refractivity contribution < 1.29 is 4.79 Å². The number of nitrogens with two attached hydrogens (primary N) is 1. The van der Waals surface area contributed by atoms with E-state index in [1.165, 1.54) is 12.8 Å². The SMILES string of the molecule is Cc1cccc(NC(=O)CN2CCCCCC2CN)c1. The number of carbonyl (C=O) groups excluding carboxylic acids is 1. The lowest BCUT2D eigenvalue weighted by atomic mass is 10.1. The van der Waals surface area contributed by atoms with E-state index < -0.39 is 0 Å². The molecule has 1 amide bonds. The Morgan fingerprint density at radius 2 is 2.25 bits per heavy atom. The first-order chi connectivity index (χ1) is 9.69. The van der Waals surface area contributed by atoms with E-state index in [2.05, 4.69) is 10.2 Å². The van der Waals surface area contributed by atoms with Crippen LogP contribution >= 0.6 is 0 Å². The number of aryl methyl sites for hydroxylation is 1. The summed E-state index contributed by atoms with van der Waals surface area (Å²) < 4.78 is 0. The van der Waals surface area contributed by atoms with Crippen LogP contribution in [0.5, 0.6) is 0 Å². The zero-order chi connectivity index (χ0) is 14.4. The molecule has 1 unspecified atom stereocenters. The predicted octanol–water partition coefficient (Wildman–Crippen LogP) is 2.14. The fourth-order valence-corrected chi connectivity index (χ4v) is 2.82. The average molecular weight is 275 g/mol. The van der Waals surface area contributed by atoms with Gasteiger partial charge in [-0.2, -0.15) is 0 Å². The summed E-state index contributed by atoms with van der Waals surface area (Å²) in [4.78, 5) is 14.4. The maximum absolute atomic E-state index is 12.2. The quantitative estimate of drug-likeness (QED) is 0.885. The molecule has 4 heteroatoms. The van der Waals surface area contributed by atoms with Crippen LogP contribution in [0.2, 0.25) is 0 Å². The molecule has 1 saturated heterocycles. The smallest absolute Gasteiger partial charge is 0.238 e. The molecule has 1 aromatic rings. The molecule has 1 aromatic carbocycles. The first kappa shape index (κ1) is 15.0. The monoisotopic (exact) mass is 275 g/mol. The van der Waals surface area contributed by atoms with Crippen molar-refractivity contribution >= 4 is 11.6 Å². The number of benzene rings is 1. The summed E-state index contributed by atoms with van der Waals surface area (Å²) in [6.45, 7) is 4.07. The highest BCUT2D eigenvalue weighted by atomic mass is 16.2. The van der Waals surface area contributed by atoms with E-state index in [1.54, 1.807) is 0 Å². The number of nitrogens with zero attached hydrogens (tertiary/aromatic N) is 1. The van der Waals surface area contributed by atoms with Crippen LogP contribution in [0.1, 0.15) is 31.2 Å². The lowest BCUT2D eigenvalue weighted by Crippen LogP contribution is -2.44. The lowest BCUT2D eigenvalue weighted by Gasteiger charge is -2.28. The highest BCUT2D eigenvalue weighted by Gasteiger charge is 2.21. The topological polar surface area (TPSA) is 58.4 Å². The van der Waals surface area contributed by atoms with Gasteiger partial charge in [0.25, 0.3) is 0 Å². The van der Waals surface area contributed by atoms with Gasteiger partial charge in [0.05, 0.1) is 6.54 Å². The molecule has 2 rings (SSSR count). The lowest BCUT2D eigenvalue weighted by molar-refractivity contribution is -0.117. The van der Waals surface area contributed by atoms with Crippen LogP contribution in [0.15, 0.2) is 24.3 Å². The van der Waals surface area contributed by atoms with Crippen molar-refractivity contribution in [1.82, 2.24) is 4.90 Å². The van der Waals surface area contributed by atoms with Gasteiger partial charge in [-0.1, -0.05) is 25.0 Å². The van der Waals surface area contributed by atoms with Crippen LogP contribution in [0.25, 0.3) is 0 Å². The zero-order valence-electron chi connectivity index (χ0n) is 12.3. The average Bonchev–Trinajstić information content (AvgIpc) is 2.63. The molecule has 3 N–H and O–H groups in total. The van der Waals surface area contributed by atoms with E-state index in [0.29, 0.717) is 19.1 Å². The highest BCUT2D eigenvalue weighted by Crippen LogP contribution is 2.16. The van der Waals surface area contributed by atoms with E-state index in [4.69, 9.17) is 5.73 Å². The molecule has 0 radical (unpaired) electrons. The Labute approximate surface area is 121 Å². The number of anilines is 1. The van der Waals surface area contributed by atoms with E-state index in [9.17, 15) is 4.79 Å². The van der Waals surface area contributed by atoms with Crippen molar-refractivity contribution in [2.75, 3.05) is 25.0 Å². The van der Waals surface area contributed by atoms with Gasteiger partial charge in [0.2, 0.25) is 5.91 Å². The van der Waals surface area contributed by atoms with Crippen molar-refractivity contribution in [2.45, 2.75) is 38.6 Å². The molecule has 0 aliphatic carbocycles. The van der Waals surface area contributed by atoms with Crippen LogP contribution in [-0.4, -0.2) is 36.5 Å². The molecule has 0 saturated carbocycles. The first-order valence-corrected chi connectivity index (χ1v) is 7.49. The van der Waals surface area contributed by atoms with Crippen LogP contribution < -0.4 is 11.1 Å². The Morgan fingerprint density at radius 1 is 1.40 bits per heavy atom. The number of amides is 1. The normalized spacial score (nSPS) is 20.4. The molecule has 20 heavy (non-hydrogen) atoms. The van der Waals surface area contributed by atoms with Gasteiger partial charge >= 0.3 is 0 Å². The molecule has 1 fully saturated rings. The number of hydrogen-bond acceptors (Lipinski definition) is 3. The molecule has 110 valence electrons. The minimum atomic E-state index is 0.0518. The second kappa shape index (κ2) is 7.41. The predicted molar refractivity (Wildman–Crippen MR) is 82.7 cm³/mol. The molecule has 1 atom stereocenters. The summed E-state index contributed by atoms with van der Waals surface area (Å²) in [5.74, 6) is 0.0518. The Balaban J connectivity index is 1.92. The molecule has 1 heterocycles. The Bertz CT molecular complexity index is 447. The van der Waals surface area contributed by atoms with Crippen LogP contribution in [0, 0.1) is 6.92 Å². The third-order valence-corrected chi connectivity index (χ3v) is 3.92. The number of likely N-dealkylation sites (tertiary alicyclic amines) is 1. The number of hydrogen-bond donors (Lipinski definition) is 2. The summed E-state index contributed by atoms with van der Waals surface area (Å²) >= 11 is 0. The maximum Gasteiger partial charge on any atom is 0.238 e. The second-order valence-electron chi connectivity index (χ2n) is 5.63. The van der Waals surface area contributed by atoms with Gasteiger partial charge in [0.15, 0.2) is 0 Å². The van der Waals surface area contributed by atoms with Crippen molar-refractivity contribution in [3.63, 3.8) is 0 Å². The van der Waals surface area contributed by atoms with Crippen molar-refractivity contribution in [2.24, 2.45) is 5.73 Å². The first-order valence-electron chi connectivity index (χ1n) is 7.49. The van der Waals surface area contributed by atoms with Gasteiger partial charge in [0, 0.05) is 18.3 Å². The Kier molecular flexibility index (Phi) is 5.56. The molecule has 0 bridgehead atoms. The minimum absolute atomic E-state index is 0.0518. The largest absolute Gasteiger partial charge is 0.329 e. The summed E-state index contributed by atoms with van der Waals surface area (Å²) in [5.41, 5.74) is 7.86. The second-order valence-corrected chi connectivity index (χ2v) is 5.63. The number of carbonyl (C=O) groups is 1. The van der Waals surface area contributed by atoms with Gasteiger partial charge < -0.3 is 11.1 Å². The third kappa shape index (κ3) is 4.32. The molecule has 1 aliphatic rings. The minimum Gasteiger partial charge on any atom is -0.329 e. The van der Waals surface area contributed by atoms with Crippen LogP contribution in [0.3, 0.4) is 0 Å². The fraction of sp³-hybridized carbons (Fsp3) is 0.562. The van der Waals surface area contributed by atoms with Gasteiger partial charge in [-0.05, 0) is 44.0 Å². The summed E-state index contributed by atoms with van der Waals surface area (Å²) in [7, 11) is 0. The summed E-state index contributed by atoms with van der Waals surface area (Å²) in [6.07, 6.45) is 4.73. The fourth-order valence-electron chi connectivity index (χ4n) is 2.82. The highest BCUT2D eigenvalue weighted by molar-refractivity contribution is 5.92. The van der Waals surface area contributed by atoms with Crippen molar-refractivity contribution in [3.05, 3.63) is 29.8 Å². The van der Waals surface area contributed by atoms with Crippen LogP contribution in [-0.2, 0) is 4.79 Å². The zero-order valence-corrected chi connectivity index (χ0v) is 12.3. The van der Waals surface area contributed by atoms with Gasteiger partial charge in [-0.3, -0.25) is 9.69 Å². The van der Waals surface area contributed by atoms with Crippen molar-refractivity contribution in [1.29, 1.82) is 0 Å². The molecule has 4 nitrogen and oxygen atoms in total. The number of rotatable bonds is 4. The van der Waals surface area contributed by atoms with Gasteiger partial charge in [-0.15, -0.1) is 0 Å². The van der Waals surface area contributed by atoms with E-state index in [0.717, 1.165) is 30.6 Å². The molecule has 0 spiro atoms. The molecular formula is C16H25N3O. The number of nitrogens with one attached hydrogen (secondary N) is 1. The summed E-state index contributed by atoms with van der Waals surface area (Å²) in [5, 5.41) is 2.97. The molecule has 1 aliphatic heterocycles. The van der Waals surface area contributed by atoms with Crippen LogP contribution in [0.4, 0.5) is 5.69 Å². The van der Waals surface area contributed by atoms with E-state index in [1.807, 2.05) is 31.2 Å². The van der Waals surface area contributed by atoms with Gasteiger partial charge in [-0.25, -0.2) is 0 Å². The van der Waals surface area contributed by atoms with Gasteiger partial charge in [0.1, 0.15) is 0 Å². The standard InChI is InChI=1S/C16H25N3O/c1-13-6-5-7-14(10-13)18-16(20)12-19-9-4-2-3-8-15(19)11-17/h5-7,10,15H,2-4,8-9,11-12,17H2,1H3,(H,18,20). The third-order valence-electron chi connectivity index (χ3n) is 3.92. The van der Waals surface area contributed by atoms with Crippen molar-refractivity contribution in [3.8, 4) is 0 Å². The van der Waals surface area contributed by atoms with E-state index in [-0.39, 0.29) is 5.91 Å². The maximum atomic E-state index is 12.2.